The van der Waals surface area contributed by atoms with Crippen LogP contribution in [0.5, 0.6) is 0 Å². The Bertz CT molecular complexity index is 272. The number of thiophene rings is 1. The highest BCUT2D eigenvalue weighted by atomic mass is 32.1. The lowest BCUT2D eigenvalue weighted by Crippen LogP contribution is -2.40. The summed E-state index contributed by atoms with van der Waals surface area (Å²) in [4.78, 5) is 1.25. The van der Waals surface area contributed by atoms with Crippen molar-refractivity contribution in [3.63, 3.8) is 0 Å². The summed E-state index contributed by atoms with van der Waals surface area (Å²) in [5.74, 6) is 0. The molecule has 0 aliphatic carbocycles. The van der Waals surface area contributed by atoms with Crippen LogP contribution in [0, 0.1) is 6.92 Å². The van der Waals surface area contributed by atoms with Crippen LogP contribution in [0.3, 0.4) is 0 Å². The first kappa shape index (κ1) is 10.7. The molecule has 0 bridgehead atoms. The van der Waals surface area contributed by atoms with Gasteiger partial charge in [0.15, 0.2) is 0 Å². The van der Waals surface area contributed by atoms with Crippen LogP contribution in [0.15, 0.2) is 11.4 Å². The molecule has 1 heterocycles. The average molecular weight is 199 g/mol. The number of hydrogen-bond acceptors (Lipinski definition) is 3. The zero-order chi connectivity index (χ0) is 9.90. The number of hydrogen-bond donors (Lipinski definition) is 1. The fraction of sp³-hybridized carbons (Fsp3) is 0.600. The molecule has 0 fully saturated rings. The van der Waals surface area contributed by atoms with Crippen molar-refractivity contribution in [3.05, 3.63) is 21.9 Å². The van der Waals surface area contributed by atoms with E-state index in [1.807, 2.05) is 0 Å². The Kier molecular flexibility index (Phi) is 3.47. The Morgan fingerprint density at radius 3 is 2.69 bits per heavy atom. The fourth-order valence-corrected chi connectivity index (χ4v) is 2.57. The summed E-state index contributed by atoms with van der Waals surface area (Å²) in [5.41, 5.74) is 7.23. The van der Waals surface area contributed by atoms with E-state index in [-0.39, 0.29) is 5.54 Å². The summed E-state index contributed by atoms with van der Waals surface area (Å²) >= 11 is 1.72. The number of methoxy groups -OCH3 is 1. The lowest BCUT2D eigenvalue weighted by Gasteiger charge is -2.27. The Morgan fingerprint density at radius 2 is 2.31 bits per heavy atom. The molecule has 13 heavy (non-hydrogen) atoms. The third-order valence-corrected chi connectivity index (χ3v) is 3.58. The second-order valence-corrected chi connectivity index (χ2v) is 4.29. The minimum absolute atomic E-state index is 0.299. The highest BCUT2D eigenvalue weighted by Crippen LogP contribution is 2.30. The lowest BCUT2D eigenvalue weighted by atomic mass is 9.94. The monoisotopic (exact) mass is 199 g/mol. The number of ether oxygens (including phenoxy) is 1. The molecule has 2 nitrogen and oxygen atoms in total. The van der Waals surface area contributed by atoms with E-state index in [9.17, 15) is 0 Å². The van der Waals surface area contributed by atoms with Gasteiger partial charge in [-0.1, -0.05) is 6.92 Å². The maximum atomic E-state index is 6.26. The van der Waals surface area contributed by atoms with Gasteiger partial charge in [0.2, 0.25) is 0 Å². The van der Waals surface area contributed by atoms with Crippen LogP contribution < -0.4 is 5.73 Å². The van der Waals surface area contributed by atoms with E-state index in [4.69, 9.17) is 10.5 Å². The van der Waals surface area contributed by atoms with Gasteiger partial charge in [-0.2, -0.15) is 0 Å². The van der Waals surface area contributed by atoms with E-state index in [0.717, 1.165) is 6.42 Å². The molecule has 0 amide bonds. The van der Waals surface area contributed by atoms with Crippen LogP contribution in [-0.2, 0) is 10.3 Å². The predicted molar refractivity (Wildman–Crippen MR) is 57.1 cm³/mol. The van der Waals surface area contributed by atoms with Gasteiger partial charge >= 0.3 is 0 Å². The minimum atomic E-state index is -0.299. The molecule has 1 aromatic rings. The Balaban J connectivity index is 2.95. The van der Waals surface area contributed by atoms with Crippen molar-refractivity contribution in [2.24, 2.45) is 5.73 Å². The van der Waals surface area contributed by atoms with Crippen molar-refractivity contribution in [1.82, 2.24) is 0 Å². The third-order valence-electron chi connectivity index (χ3n) is 2.35. The van der Waals surface area contributed by atoms with Gasteiger partial charge in [-0.05, 0) is 30.4 Å². The molecule has 0 saturated heterocycles. The normalized spacial score (nSPS) is 15.7. The zero-order valence-electron chi connectivity index (χ0n) is 8.46. The molecule has 0 aromatic carbocycles. The number of aryl methyl sites for hydroxylation is 1. The van der Waals surface area contributed by atoms with E-state index in [1.165, 1.54) is 10.4 Å². The summed E-state index contributed by atoms with van der Waals surface area (Å²) in [6.45, 7) is 4.78. The van der Waals surface area contributed by atoms with Gasteiger partial charge < -0.3 is 10.5 Å². The molecule has 0 saturated carbocycles. The summed E-state index contributed by atoms with van der Waals surface area (Å²) in [5, 5.41) is 2.08. The summed E-state index contributed by atoms with van der Waals surface area (Å²) in [6, 6.07) is 2.10. The van der Waals surface area contributed by atoms with Crippen LogP contribution in [0.4, 0.5) is 0 Å². The molecule has 74 valence electrons. The largest absolute Gasteiger partial charge is 0.382 e. The first-order valence-corrected chi connectivity index (χ1v) is 5.34. The van der Waals surface area contributed by atoms with E-state index < -0.39 is 0 Å². The molecule has 0 aliphatic heterocycles. The van der Waals surface area contributed by atoms with Crippen molar-refractivity contribution in [1.29, 1.82) is 0 Å². The van der Waals surface area contributed by atoms with E-state index in [1.54, 1.807) is 18.4 Å². The standard InChI is InChI=1S/C10H17NOS/c1-4-10(11,7-12-3)9-8(2)5-6-13-9/h5-6H,4,7,11H2,1-3H3. The molecule has 0 aliphatic rings. The van der Waals surface area contributed by atoms with Crippen molar-refractivity contribution in [3.8, 4) is 0 Å². The van der Waals surface area contributed by atoms with Crippen LogP contribution >= 0.6 is 11.3 Å². The van der Waals surface area contributed by atoms with Crippen molar-refractivity contribution in [2.75, 3.05) is 13.7 Å². The first-order valence-electron chi connectivity index (χ1n) is 4.46. The van der Waals surface area contributed by atoms with Gasteiger partial charge in [0.25, 0.3) is 0 Å². The molecule has 1 atom stereocenters. The quantitative estimate of drug-likeness (QED) is 0.807. The second kappa shape index (κ2) is 4.22. The van der Waals surface area contributed by atoms with Crippen molar-refractivity contribution < 1.29 is 4.74 Å². The number of nitrogens with two attached hydrogens (primary N) is 1. The summed E-state index contributed by atoms with van der Waals surface area (Å²) < 4.78 is 5.16. The molecule has 0 spiro atoms. The Hall–Kier alpha value is -0.380. The minimum Gasteiger partial charge on any atom is -0.382 e. The van der Waals surface area contributed by atoms with Gasteiger partial charge in [-0.3, -0.25) is 0 Å². The van der Waals surface area contributed by atoms with Crippen LogP contribution in [0.25, 0.3) is 0 Å². The smallest absolute Gasteiger partial charge is 0.0740 e. The van der Waals surface area contributed by atoms with Crippen molar-refractivity contribution >= 4 is 11.3 Å². The summed E-state index contributed by atoms with van der Waals surface area (Å²) in [7, 11) is 1.69. The molecule has 1 aromatic heterocycles. The Labute approximate surface area is 83.7 Å². The third kappa shape index (κ3) is 2.10. The van der Waals surface area contributed by atoms with Crippen LogP contribution in [0.1, 0.15) is 23.8 Å². The second-order valence-electron chi connectivity index (χ2n) is 3.38. The van der Waals surface area contributed by atoms with E-state index >= 15 is 0 Å². The van der Waals surface area contributed by atoms with Gasteiger partial charge in [0.1, 0.15) is 0 Å². The zero-order valence-corrected chi connectivity index (χ0v) is 9.28. The van der Waals surface area contributed by atoms with Gasteiger partial charge in [0, 0.05) is 12.0 Å². The molecule has 2 N–H and O–H groups in total. The van der Waals surface area contributed by atoms with E-state index in [2.05, 4.69) is 25.3 Å². The maximum Gasteiger partial charge on any atom is 0.0740 e. The van der Waals surface area contributed by atoms with Crippen LogP contribution in [-0.4, -0.2) is 13.7 Å². The maximum absolute atomic E-state index is 6.26. The molecule has 3 heteroatoms. The average Bonchev–Trinajstić information content (AvgIpc) is 2.52. The fourth-order valence-electron chi connectivity index (χ4n) is 1.47. The van der Waals surface area contributed by atoms with Gasteiger partial charge in [-0.25, -0.2) is 0 Å². The highest BCUT2D eigenvalue weighted by molar-refractivity contribution is 7.10. The Morgan fingerprint density at radius 1 is 1.62 bits per heavy atom. The number of rotatable bonds is 4. The van der Waals surface area contributed by atoms with Crippen molar-refractivity contribution in [2.45, 2.75) is 25.8 Å². The molecule has 1 rings (SSSR count). The molecular weight excluding hydrogens is 182 g/mol. The van der Waals surface area contributed by atoms with Gasteiger partial charge in [-0.15, -0.1) is 11.3 Å². The predicted octanol–water partition coefficient (Wildman–Crippen LogP) is 2.27. The van der Waals surface area contributed by atoms with E-state index in [0.29, 0.717) is 6.61 Å². The topological polar surface area (TPSA) is 35.2 Å². The summed E-state index contributed by atoms with van der Waals surface area (Å²) in [6.07, 6.45) is 0.905. The van der Waals surface area contributed by atoms with Gasteiger partial charge in [0.05, 0.1) is 12.1 Å². The molecule has 1 unspecified atom stereocenters. The van der Waals surface area contributed by atoms with Crippen LogP contribution in [0.2, 0.25) is 0 Å². The SMILES string of the molecule is CCC(N)(COC)c1sccc1C. The first-order chi connectivity index (χ1) is 6.14. The molecule has 0 radical (unpaired) electrons. The highest BCUT2D eigenvalue weighted by Gasteiger charge is 2.27. The lowest BCUT2D eigenvalue weighted by molar-refractivity contribution is 0.131. The molecular formula is C10H17NOS.